The number of nitrogens with zero attached hydrogens (tertiary/aromatic N) is 3. The molecule has 8 heteroatoms. The summed E-state index contributed by atoms with van der Waals surface area (Å²) in [6.45, 7) is 4.31. The Hall–Kier alpha value is -3.68. The van der Waals surface area contributed by atoms with E-state index in [9.17, 15) is 10.1 Å². The normalized spacial score (nSPS) is 10.4. The predicted octanol–water partition coefficient (Wildman–Crippen LogP) is 4.37. The van der Waals surface area contributed by atoms with Crippen molar-refractivity contribution < 1.29 is 9.66 Å². The molecule has 0 aliphatic heterocycles. The monoisotopic (exact) mass is 379 g/mol. The number of rotatable bonds is 7. The molecule has 0 saturated carbocycles. The number of methoxy groups -OCH3 is 1. The highest BCUT2D eigenvalue weighted by Crippen LogP contribution is 2.32. The lowest BCUT2D eigenvalue weighted by Gasteiger charge is -2.12. The Labute approximate surface area is 162 Å². The molecule has 0 atom stereocenters. The fourth-order valence-electron chi connectivity index (χ4n) is 2.78. The molecular weight excluding hydrogens is 358 g/mol. The standard InChI is InChI=1S/C20H21N5O3/c1-13-4-9-17(14(2)10-13)24-20-18(25(26)27)19(22-12-23-20)21-11-15-5-7-16(28-3)8-6-15/h4-10,12H,11H2,1-3H3,(H2,21,22,23,24). The summed E-state index contributed by atoms with van der Waals surface area (Å²) in [4.78, 5) is 19.3. The molecule has 2 aromatic carbocycles. The van der Waals surface area contributed by atoms with Crippen LogP contribution in [0.25, 0.3) is 0 Å². The van der Waals surface area contributed by atoms with Gasteiger partial charge in [-0.3, -0.25) is 10.1 Å². The van der Waals surface area contributed by atoms with Gasteiger partial charge in [-0.25, -0.2) is 9.97 Å². The van der Waals surface area contributed by atoms with Crippen LogP contribution in [0.2, 0.25) is 0 Å². The van der Waals surface area contributed by atoms with Crippen LogP contribution in [-0.2, 0) is 6.54 Å². The van der Waals surface area contributed by atoms with Gasteiger partial charge in [-0.15, -0.1) is 0 Å². The first-order valence-electron chi connectivity index (χ1n) is 8.68. The van der Waals surface area contributed by atoms with Crippen molar-refractivity contribution in [2.75, 3.05) is 17.7 Å². The zero-order chi connectivity index (χ0) is 20.1. The maximum absolute atomic E-state index is 11.7. The minimum absolute atomic E-state index is 0.143. The van der Waals surface area contributed by atoms with Gasteiger partial charge in [0.05, 0.1) is 12.0 Å². The van der Waals surface area contributed by atoms with E-state index in [2.05, 4.69) is 20.6 Å². The smallest absolute Gasteiger partial charge is 0.353 e. The molecule has 0 amide bonds. The van der Waals surface area contributed by atoms with Crippen LogP contribution in [0.15, 0.2) is 48.8 Å². The fraction of sp³-hybridized carbons (Fsp3) is 0.200. The lowest BCUT2D eigenvalue weighted by molar-refractivity contribution is -0.383. The molecule has 1 heterocycles. The van der Waals surface area contributed by atoms with Gasteiger partial charge in [-0.1, -0.05) is 29.8 Å². The zero-order valence-electron chi connectivity index (χ0n) is 15.9. The molecular formula is C20H21N5O3. The second kappa shape index (κ2) is 8.34. The minimum atomic E-state index is -0.484. The Morgan fingerprint density at radius 2 is 1.79 bits per heavy atom. The number of hydrogen-bond acceptors (Lipinski definition) is 7. The van der Waals surface area contributed by atoms with Crippen molar-refractivity contribution in [3.63, 3.8) is 0 Å². The van der Waals surface area contributed by atoms with E-state index in [1.54, 1.807) is 7.11 Å². The summed E-state index contributed by atoms with van der Waals surface area (Å²) in [7, 11) is 1.60. The van der Waals surface area contributed by atoms with Crippen LogP contribution < -0.4 is 15.4 Å². The second-order valence-electron chi connectivity index (χ2n) is 6.32. The van der Waals surface area contributed by atoms with Crippen LogP contribution in [0.1, 0.15) is 16.7 Å². The van der Waals surface area contributed by atoms with E-state index in [-0.39, 0.29) is 17.3 Å². The molecule has 0 unspecified atom stereocenters. The summed E-state index contributed by atoms with van der Waals surface area (Å²) in [6.07, 6.45) is 1.30. The van der Waals surface area contributed by atoms with E-state index >= 15 is 0 Å². The molecule has 0 radical (unpaired) electrons. The van der Waals surface area contributed by atoms with Gasteiger partial charge in [-0.2, -0.15) is 0 Å². The molecule has 0 saturated heterocycles. The first-order chi connectivity index (χ1) is 13.5. The Balaban J connectivity index is 1.85. The van der Waals surface area contributed by atoms with Gasteiger partial charge in [0.15, 0.2) is 0 Å². The van der Waals surface area contributed by atoms with Gasteiger partial charge in [-0.05, 0) is 43.2 Å². The Kier molecular flexibility index (Phi) is 5.69. The van der Waals surface area contributed by atoms with Gasteiger partial charge in [0.1, 0.15) is 12.1 Å². The number of aryl methyl sites for hydroxylation is 2. The lowest BCUT2D eigenvalue weighted by Crippen LogP contribution is -2.08. The van der Waals surface area contributed by atoms with E-state index < -0.39 is 4.92 Å². The van der Waals surface area contributed by atoms with Gasteiger partial charge < -0.3 is 15.4 Å². The van der Waals surface area contributed by atoms with E-state index in [1.165, 1.54) is 6.33 Å². The molecule has 0 aliphatic carbocycles. The van der Waals surface area contributed by atoms with Crippen molar-refractivity contribution in [3.8, 4) is 5.75 Å². The molecule has 1 aromatic heterocycles. The Bertz CT molecular complexity index is 990. The van der Waals surface area contributed by atoms with E-state index in [1.807, 2.05) is 56.3 Å². The zero-order valence-corrected chi connectivity index (χ0v) is 15.9. The average molecular weight is 379 g/mol. The Morgan fingerprint density at radius 3 is 2.43 bits per heavy atom. The maximum Gasteiger partial charge on any atom is 0.353 e. The van der Waals surface area contributed by atoms with Crippen molar-refractivity contribution >= 4 is 23.0 Å². The molecule has 0 bridgehead atoms. The topological polar surface area (TPSA) is 102 Å². The van der Waals surface area contributed by atoms with Crippen LogP contribution in [0, 0.1) is 24.0 Å². The molecule has 0 spiro atoms. The van der Waals surface area contributed by atoms with Crippen LogP contribution in [0.3, 0.4) is 0 Å². The number of ether oxygens (including phenoxy) is 1. The molecule has 2 N–H and O–H groups in total. The van der Waals surface area contributed by atoms with Crippen molar-refractivity contribution in [2.24, 2.45) is 0 Å². The number of aromatic nitrogens is 2. The SMILES string of the molecule is COc1ccc(CNc2ncnc(Nc3ccc(C)cc3C)c2[N+](=O)[O-])cc1. The van der Waals surface area contributed by atoms with Crippen molar-refractivity contribution in [1.29, 1.82) is 0 Å². The van der Waals surface area contributed by atoms with Crippen molar-refractivity contribution in [1.82, 2.24) is 9.97 Å². The third kappa shape index (κ3) is 4.35. The summed E-state index contributed by atoms with van der Waals surface area (Å²) in [5.41, 5.74) is 3.59. The Morgan fingerprint density at radius 1 is 1.07 bits per heavy atom. The average Bonchev–Trinajstić information content (AvgIpc) is 2.68. The van der Waals surface area contributed by atoms with Gasteiger partial charge in [0.2, 0.25) is 11.6 Å². The number of hydrogen-bond donors (Lipinski definition) is 2. The predicted molar refractivity (Wildman–Crippen MR) is 108 cm³/mol. The highest BCUT2D eigenvalue weighted by atomic mass is 16.6. The van der Waals surface area contributed by atoms with Gasteiger partial charge in [0, 0.05) is 12.2 Å². The number of nitro groups is 1. The number of benzene rings is 2. The second-order valence-corrected chi connectivity index (χ2v) is 6.32. The van der Waals surface area contributed by atoms with Gasteiger partial charge in [0.25, 0.3) is 0 Å². The fourth-order valence-corrected chi connectivity index (χ4v) is 2.78. The summed E-state index contributed by atoms with van der Waals surface area (Å²) in [6, 6.07) is 13.2. The largest absolute Gasteiger partial charge is 0.497 e. The quantitative estimate of drug-likeness (QED) is 0.464. The summed E-state index contributed by atoms with van der Waals surface area (Å²) in [5, 5.41) is 17.8. The first kappa shape index (κ1) is 19.1. The molecule has 28 heavy (non-hydrogen) atoms. The third-order valence-electron chi connectivity index (χ3n) is 4.26. The molecule has 144 valence electrons. The molecule has 3 rings (SSSR count). The van der Waals surface area contributed by atoms with Crippen LogP contribution in [0.5, 0.6) is 5.75 Å². The lowest BCUT2D eigenvalue weighted by atomic mass is 10.1. The summed E-state index contributed by atoms with van der Waals surface area (Å²) >= 11 is 0. The van der Waals surface area contributed by atoms with E-state index in [4.69, 9.17) is 4.74 Å². The third-order valence-corrected chi connectivity index (χ3v) is 4.26. The van der Waals surface area contributed by atoms with Crippen molar-refractivity contribution in [3.05, 3.63) is 75.6 Å². The highest BCUT2D eigenvalue weighted by molar-refractivity contribution is 5.74. The summed E-state index contributed by atoms with van der Waals surface area (Å²) in [5.74, 6) is 1.05. The molecule has 0 aliphatic rings. The first-order valence-corrected chi connectivity index (χ1v) is 8.68. The molecule has 8 nitrogen and oxygen atoms in total. The van der Waals surface area contributed by atoms with Crippen LogP contribution in [-0.4, -0.2) is 22.0 Å². The highest BCUT2D eigenvalue weighted by Gasteiger charge is 2.23. The van der Waals surface area contributed by atoms with E-state index in [0.717, 1.165) is 28.1 Å². The van der Waals surface area contributed by atoms with Crippen LogP contribution in [0.4, 0.5) is 23.0 Å². The van der Waals surface area contributed by atoms with Gasteiger partial charge >= 0.3 is 5.69 Å². The van der Waals surface area contributed by atoms with Crippen molar-refractivity contribution in [2.45, 2.75) is 20.4 Å². The number of anilines is 3. The maximum atomic E-state index is 11.7. The number of nitrogens with one attached hydrogen (secondary N) is 2. The van der Waals surface area contributed by atoms with Crippen LogP contribution >= 0.6 is 0 Å². The molecule has 3 aromatic rings. The summed E-state index contributed by atoms with van der Waals surface area (Å²) < 4.78 is 5.13. The van der Waals surface area contributed by atoms with E-state index in [0.29, 0.717) is 6.54 Å². The molecule has 0 fully saturated rings. The minimum Gasteiger partial charge on any atom is -0.497 e.